The fraction of sp³-hybridized carbons (Fsp3) is 0.207. The molecule has 0 bridgehead atoms. The van der Waals surface area contributed by atoms with E-state index in [1.807, 2.05) is 0 Å². The Morgan fingerprint density at radius 1 is 0.872 bits per heavy atom. The van der Waals surface area contributed by atoms with E-state index in [0.717, 1.165) is 0 Å². The number of pyridine rings is 1. The lowest BCUT2D eigenvalue weighted by molar-refractivity contribution is -0.666. The first-order valence-corrected chi connectivity index (χ1v) is 18.1. The first-order chi connectivity index (χ1) is 21.8. The first-order valence-electron chi connectivity index (χ1n) is 13.3. The van der Waals surface area contributed by atoms with Gasteiger partial charge < -0.3 is 9.45 Å². The Balaban J connectivity index is 1.64. The number of rotatable bonds is 11. The normalized spacial score (nSPS) is 15.4. The second kappa shape index (κ2) is 14.4. The molecule has 1 N–H and O–H groups in total. The lowest BCUT2D eigenvalue weighted by Crippen LogP contribution is -2.37. The van der Waals surface area contributed by atoms with Crippen molar-refractivity contribution in [1.82, 2.24) is 0 Å². The van der Waals surface area contributed by atoms with Crippen molar-refractivity contribution in [2.24, 2.45) is 0 Å². The molecule has 0 radical (unpaired) electrons. The second-order valence-corrected chi connectivity index (χ2v) is 15.2. The Bertz CT molecular complexity index is 1990. The molecule has 0 aliphatic carbocycles. The number of allylic oxidation sites excluding steroid dienone is 6. The number of benzene rings is 2. The van der Waals surface area contributed by atoms with Gasteiger partial charge in [0.15, 0.2) is 12.7 Å². The van der Waals surface area contributed by atoms with E-state index in [0.29, 0.717) is 33.3 Å². The van der Waals surface area contributed by atoms with E-state index in [2.05, 4.69) is 0 Å². The summed E-state index contributed by atoms with van der Waals surface area (Å²) in [5.74, 6) is -1.33. The fourth-order valence-electron chi connectivity index (χ4n) is 4.56. The van der Waals surface area contributed by atoms with Gasteiger partial charge in [-0.15, -0.1) is 0 Å². The molecule has 47 heavy (non-hydrogen) atoms. The largest absolute Gasteiger partial charge is 0.748 e. The molecule has 0 atom stereocenters. The number of alkyl halides is 6. The van der Waals surface area contributed by atoms with Gasteiger partial charge in [-0.3, -0.25) is 4.55 Å². The summed E-state index contributed by atoms with van der Waals surface area (Å²) in [6.45, 7) is -0.363. The molecule has 2 aromatic carbocycles. The maximum atomic E-state index is 13.0. The van der Waals surface area contributed by atoms with Crippen LogP contribution in [-0.4, -0.2) is 55.0 Å². The molecule has 8 nitrogen and oxygen atoms in total. The van der Waals surface area contributed by atoms with Crippen LogP contribution in [-0.2, 0) is 26.8 Å². The fourth-order valence-corrected chi connectivity index (χ4v) is 6.56. The summed E-state index contributed by atoms with van der Waals surface area (Å²) >= 11 is -0.631. The van der Waals surface area contributed by atoms with E-state index in [1.165, 1.54) is 58.3 Å². The van der Waals surface area contributed by atoms with Gasteiger partial charge in [0, 0.05) is 45.9 Å². The first kappa shape index (κ1) is 36.5. The highest BCUT2D eigenvalue weighted by atomic mass is 32.2. The molecule has 2 heterocycles. The van der Waals surface area contributed by atoms with E-state index in [-0.39, 0.29) is 46.4 Å². The standard InChI is InChI=1S/C29H24F6N2O6S4/c30-28(31,32)44-22-6-8-26-24(18-22)20(10-12-36(26)14-16-46(38,39)40)4-2-1-3-5-21-11-13-37(15-17-47(41,42)43)27-9-7-23(19-25(21)27)45-29(33,34)35/h1-13,18-19H,14-17H2,(H-,38,39,40,41,42,43). The van der Waals surface area contributed by atoms with Gasteiger partial charge in [-0.25, -0.2) is 8.42 Å². The van der Waals surface area contributed by atoms with E-state index in [1.54, 1.807) is 42.5 Å². The highest BCUT2D eigenvalue weighted by molar-refractivity contribution is 8.00. The summed E-state index contributed by atoms with van der Waals surface area (Å²) < 4.78 is 145. The highest BCUT2D eigenvalue weighted by Gasteiger charge is 2.31. The molecule has 0 fully saturated rings. The van der Waals surface area contributed by atoms with Crippen molar-refractivity contribution in [2.45, 2.75) is 27.4 Å². The summed E-state index contributed by atoms with van der Waals surface area (Å²) in [4.78, 5) is 1.24. The molecule has 4 rings (SSSR count). The number of thioether (sulfide) groups is 2. The zero-order chi connectivity index (χ0) is 34.6. The van der Waals surface area contributed by atoms with Gasteiger partial charge >= 0.3 is 11.0 Å². The zero-order valence-corrected chi connectivity index (χ0v) is 27.0. The predicted molar refractivity (Wildman–Crippen MR) is 168 cm³/mol. The molecular formula is C29H24F6N2O6S4. The second-order valence-electron chi connectivity index (χ2n) is 9.84. The lowest BCUT2D eigenvalue weighted by atomic mass is 9.99. The molecule has 0 saturated heterocycles. The van der Waals surface area contributed by atoms with Gasteiger partial charge in [-0.05, 0) is 71.1 Å². The number of nitrogens with zero attached hydrogens (tertiary/aromatic N) is 2. The van der Waals surface area contributed by atoms with Crippen LogP contribution in [0.2, 0.25) is 0 Å². The average Bonchev–Trinajstić information content (AvgIpc) is 2.93. The molecule has 1 aliphatic rings. The Kier molecular flexibility index (Phi) is 11.2. The minimum atomic E-state index is -4.55. The maximum Gasteiger partial charge on any atom is 0.446 e. The number of anilines is 1. The van der Waals surface area contributed by atoms with Gasteiger partial charge in [-0.1, -0.05) is 30.4 Å². The van der Waals surface area contributed by atoms with Crippen LogP contribution >= 0.6 is 23.5 Å². The van der Waals surface area contributed by atoms with E-state index in [4.69, 9.17) is 4.55 Å². The van der Waals surface area contributed by atoms with Crippen LogP contribution in [0, 0.1) is 0 Å². The van der Waals surface area contributed by atoms with Gasteiger partial charge in [0.2, 0.25) is 5.52 Å². The molecule has 0 spiro atoms. The Morgan fingerprint density at radius 2 is 1.53 bits per heavy atom. The summed E-state index contributed by atoms with van der Waals surface area (Å²) in [6, 6.07) is 9.48. The molecule has 0 unspecified atom stereocenters. The maximum absolute atomic E-state index is 13.0. The molecule has 1 aromatic heterocycles. The van der Waals surface area contributed by atoms with Gasteiger partial charge in [0.05, 0.1) is 21.3 Å². The van der Waals surface area contributed by atoms with Gasteiger partial charge in [0.1, 0.15) is 5.75 Å². The molecule has 0 saturated carbocycles. The van der Waals surface area contributed by atoms with Crippen molar-refractivity contribution < 1.29 is 56.9 Å². The van der Waals surface area contributed by atoms with Gasteiger partial charge in [0.25, 0.3) is 10.1 Å². The summed E-state index contributed by atoms with van der Waals surface area (Å²) in [6.07, 6.45) is 12.5. The quantitative estimate of drug-likeness (QED) is 0.0748. The lowest BCUT2D eigenvalue weighted by Gasteiger charge is -2.28. The average molecular weight is 739 g/mol. The van der Waals surface area contributed by atoms with Crippen LogP contribution in [0.25, 0.3) is 22.6 Å². The number of hydrogen-bond acceptors (Lipinski definition) is 8. The third-order valence-corrected chi connectivity index (χ3v) is 9.28. The molecule has 3 aromatic rings. The number of aryl methyl sites for hydroxylation is 1. The van der Waals surface area contributed by atoms with Crippen molar-refractivity contribution in [3.05, 3.63) is 96.4 Å². The number of hydrogen-bond donors (Lipinski definition) is 1. The van der Waals surface area contributed by atoms with E-state index < -0.39 is 42.8 Å². The molecular weight excluding hydrogens is 715 g/mol. The summed E-state index contributed by atoms with van der Waals surface area (Å²) in [7, 11) is -8.85. The molecule has 0 amide bonds. The van der Waals surface area contributed by atoms with Crippen molar-refractivity contribution >= 4 is 72.0 Å². The summed E-state index contributed by atoms with van der Waals surface area (Å²) in [5.41, 5.74) is -6.95. The molecule has 252 valence electrons. The monoisotopic (exact) mass is 738 g/mol. The van der Waals surface area contributed by atoms with E-state index >= 15 is 0 Å². The molecule has 18 heteroatoms. The van der Waals surface area contributed by atoms with Crippen LogP contribution in [0.3, 0.4) is 0 Å². The third kappa shape index (κ3) is 11.4. The van der Waals surface area contributed by atoms with Crippen molar-refractivity contribution in [2.75, 3.05) is 23.0 Å². The van der Waals surface area contributed by atoms with Crippen LogP contribution in [0.15, 0.2) is 95.0 Å². The zero-order valence-electron chi connectivity index (χ0n) is 23.8. The minimum absolute atomic E-state index is 0.0971. The Morgan fingerprint density at radius 3 is 2.17 bits per heavy atom. The van der Waals surface area contributed by atoms with Crippen molar-refractivity contribution in [1.29, 1.82) is 0 Å². The van der Waals surface area contributed by atoms with Crippen LogP contribution in [0.5, 0.6) is 0 Å². The minimum Gasteiger partial charge on any atom is -0.748 e. The van der Waals surface area contributed by atoms with Crippen molar-refractivity contribution in [3.63, 3.8) is 0 Å². The summed E-state index contributed by atoms with van der Waals surface area (Å²) in [5, 5.41) is 0.374. The Labute approximate surface area is 274 Å². The predicted octanol–water partition coefficient (Wildman–Crippen LogP) is 6.77. The number of aromatic nitrogens is 1. The van der Waals surface area contributed by atoms with Crippen LogP contribution in [0.1, 0.15) is 11.1 Å². The number of fused-ring (bicyclic) bond motifs is 2. The number of halogens is 6. The van der Waals surface area contributed by atoms with Crippen LogP contribution in [0.4, 0.5) is 32.0 Å². The topological polar surface area (TPSA) is 119 Å². The highest BCUT2D eigenvalue weighted by Crippen LogP contribution is 2.41. The third-order valence-electron chi connectivity index (χ3n) is 6.46. The SMILES string of the molecule is O=S(=O)([O-])CCN1C=C\C(=C/C=C/C=C/c2cc[n+](CCS(=O)(=O)O)c3ccc(SC(F)(F)F)cc23)c2cc(SC(F)(F)F)ccc21. The van der Waals surface area contributed by atoms with Crippen LogP contribution < -0.4 is 9.47 Å². The van der Waals surface area contributed by atoms with Gasteiger partial charge in [-0.2, -0.15) is 39.3 Å². The molecule has 1 aliphatic heterocycles. The smallest absolute Gasteiger partial charge is 0.446 e. The van der Waals surface area contributed by atoms with Crippen molar-refractivity contribution in [3.8, 4) is 0 Å². The van der Waals surface area contributed by atoms with E-state index in [9.17, 15) is 47.7 Å². The Hall–Kier alpha value is -3.29.